The van der Waals surface area contributed by atoms with Crippen LogP contribution in [0.25, 0.3) is 0 Å². The average molecular weight is 379 g/mol. The maximum absolute atomic E-state index is 12.3. The number of nitro groups is 1. The van der Waals surface area contributed by atoms with Gasteiger partial charge in [0.05, 0.1) is 30.8 Å². The van der Waals surface area contributed by atoms with Gasteiger partial charge in [-0.2, -0.15) is 0 Å². The number of non-ortho nitro benzene ring substituents is 1. The quantitative estimate of drug-likeness (QED) is 0.587. The van der Waals surface area contributed by atoms with Crippen LogP contribution < -0.4 is 4.90 Å². The van der Waals surface area contributed by atoms with Crippen molar-refractivity contribution in [1.29, 1.82) is 0 Å². The zero-order chi connectivity index (χ0) is 20.4. The highest BCUT2D eigenvalue weighted by atomic mass is 16.6. The van der Waals surface area contributed by atoms with E-state index in [0.717, 1.165) is 5.69 Å². The molecule has 0 spiro atoms. The number of morpholine rings is 1. The Morgan fingerprint density at radius 1 is 1.33 bits per heavy atom. The third kappa shape index (κ3) is 5.09. The molecule has 0 radical (unpaired) electrons. The molecule has 1 aliphatic rings. The van der Waals surface area contributed by atoms with Gasteiger partial charge in [0.15, 0.2) is 0 Å². The lowest BCUT2D eigenvalue weighted by atomic mass is 10.0. The van der Waals surface area contributed by atoms with Crippen molar-refractivity contribution in [2.45, 2.75) is 58.9 Å². The summed E-state index contributed by atoms with van der Waals surface area (Å²) in [6.07, 6.45) is -0.365. The van der Waals surface area contributed by atoms with Crippen LogP contribution in [0.4, 0.5) is 16.2 Å². The fourth-order valence-electron chi connectivity index (χ4n) is 3.35. The van der Waals surface area contributed by atoms with Crippen molar-refractivity contribution >= 4 is 17.5 Å². The lowest BCUT2D eigenvalue weighted by Gasteiger charge is -2.39. The Labute approximate surface area is 160 Å². The Morgan fingerprint density at radius 2 is 1.93 bits per heavy atom. The highest BCUT2D eigenvalue weighted by Gasteiger charge is 2.31. The van der Waals surface area contributed by atoms with Crippen LogP contribution in [0.3, 0.4) is 0 Å². The van der Waals surface area contributed by atoms with Gasteiger partial charge in [0.1, 0.15) is 0 Å². The second kappa shape index (κ2) is 8.12. The highest BCUT2D eigenvalue weighted by molar-refractivity contribution is 5.69. The van der Waals surface area contributed by atoms with Crippen LogP contribution in [-0.4, -0.2) is 53.9 Å². The summed E-state index contributed by atoms with van der Waals surface area (Å²) in [5.74, 6) is 0. The van der Waals surface area contributed by atoms with E-state index in [2.05, 4.69) is 4.90 Å². The van der Waals surface area contributed by atoms with Gasteiger partial charge in [0, 0.05) is 42.0 Å². The van der Waals surface area contributed by atoms with E-state index in [0.29, 0.717) is 18.7 Å². The fraction of sp³-hybridized carbons (Fsp3) is 0.632. The van der Waals surface area contributed by atoms with Crippen LogP contribution >= 0.6 is 0 Å². The van der Waals surface area contributed by atoms with Crippen molar-refractivity contribution in [1.82, 2.24) is 4.90 Å². The van der Waals surface area contributed by atoms with Gasteiger partial charge in [-0.05, 0) is 40.7 Å². The van der Waals surface area contributed by atoms with Crippen molar-refractivity contribution < 1.29 is 19.2 Å². The first-order chi connectivity index (χ1) is 12.5. The van der Waals surface area contributed by atoms with Crippen molar-refractivity contribution in [3.8, 4) is 0 Å². The molecule has 0 saturated carbocycles. The molecule has 27 heavy (non-hydrogen) atoms. The Morgan fingerprint density at radius 3 is 2.41 bits per heavy atom. The van der Waals surface area contributed by atoms with Crippen molar-refractivity contribution in [2.75, 3.05) is 25.1 Å². The third-order valence-electron chi connectivity index (χ3n) is 4.57. The number of nitrogens with zero attached hydrogens (tertiary/aromatic N) is 3. The molecule has 1 aromatic rings. The normalized spacial score (nSPS) is 20.3. The average Bonchev–Trinajstić information content (AvgIpc) is 2.56. The monoisotopic (exact) mass is 379 g/mol. The van der Waals surface area contributed by atoms with Crippen molar-refractivity contribution in [3.63, 3.8) is 0 Å². The van der Waals surface area contributed by atoms with Crippen molar-refractivity contribution in [3.05, 3.63) is 33.9 Å². The van der Waals surface area contributed by atoms with E-state index < -0.39 is 16.6 Å². The smallest absolute Gasteiger partial charge is 0.410 e. The summed E-state index contributed by atoms with van der Waals surface area (Å²) < 4.78 is 10.7. The molecule has 150 valence electrons. The Bertz CT molecular complexity index is 691. The summed E-state index contributed by atoms with van der Waals surface area (Å²) in [4.78, 5) is 26.9. The van der Waals surface area contributed by atoms with Crippen LogP contribution in [0, 0.1) is 10.1 Å². The molecule has 1 aromatic carbocycles. The predicted octanol–water partition coefficient (Wildman–Crippen LogP) is 3.58. The molecule has 2 atom stereocenters. The number of rotatable bonds is 4. The SMILES string of the molecule is COC(=O)N(Cc1cc([N+](=O)[O-])ccc1N1C[C@@H](C)O[C@@H](C)C1)C(C)(C)C. The molecule has 8 heteroatoms. The molecule has 0 aliphatic carbocycles. The number of ether oxygens (including phenoxy) is 2. The molecule has 1 saturated heterocycles. The molecule has 1 fully saturated rings. The summed E-state index contributed by atoms with van der Waals surface area (Å²) in [6, 6.07) is 4.81. The highest BCUT2D eigenvalue weighted by Crippen LogP contribution is 2.31. The minimum absolute atomic E-state index is 0.00170. The van der Waals surface area contributed by atoms with E-state index in [9.17, 15) is 14.9 Å². The van der Waals surface area contributed by atoms with E-state index >= 15 is 0 Å². The van der Waals surface area contributed by atoms with Crippen LogP contribution in [0.5, 0.6) is 0 Å². The maximum Gasteiger partial charge on any atom is 0.410 e. The van der Waals surface area contributed by atoms with Crippen LogP contribution in [-0.2, 0) is 16.0 Å². The summed E-state index contributed by atoms with van der Waals surface area (Å²) >= 11 is 0. The standard InChI is InChI=1S/C19H29N3O5/c1-13-10-20(11-14(2)27-13)17-8-7-16(22(24)25)9-15(17)12-21(18(23)26-6)19(3,4)5/h7-9,13-14H,10-12H2,1-6H3/t13-,14+. The molecule has 8 nitrogen and oxygen atoms in total. The summed E-state index contributed by atoms with van der Waals surface area (Å²) in [5, 5.41) is 11.3. The number of anilines is 1. The topological polar surface area (TPSA) is 85.1 Å². The minimum Gasteiger partial charge on any atom is -0.453 e. The molecule has 1 heterocycles. The van der Waals surface area contributed by atoms with Gasteiger partial charge in [-0.25, -0.2) is 4.79 Å². The molecular formula is C19H29N3O5. The van der Waals surface area contributed by atoms with Crippen LogP contribution in [0.15, 0.2) is 18.2 Å². The zero-order valence-electron chi connectivity index (χ0n) is 16.9. The van der Waals surface area contributed by atoms with E-state index in [4.69, 9.17) is 9.47 Å². The number of benzene rings is 1. The second-order valence-corrected chi connectivity index (χ2v) is 7.96. The zero-order valence-corrected chi connectivity index (χ0v) is 16.9. The number of carbonyl (C=O) groups is 1. The van der Waals surface area contributed by atoms with Gasteiger partial charge >= 0.3 is 6.09 Å². The van der Waals surface area contributed by atoms with Gasteiger partial charge in [-0.3, -0.25) is 15.0 Å². The predicted molar refractivity (Wildman–Crippen MR) is 103 cm³/mol. The number of amides is 1. The molecular weight excluding hydrogens is 350 g/mol. The maximum atomic E-state index is 12.3. The molecule has 1 aliphatic heterocycles. The first kappa shape index (κ1) is 21.0. The first-order valence-electron chi connectivity index (χ1n) is 9.06. The molecule has 2 rings (SSSR count). The first-order valence-corrected chi connectivity index (χ1v) is 9.06. The van der Waals surface area contributed by atoms with Gasteiger partial charge in [0.25, 0.3) is 5.69 Å². The Balaban J connectivity index is 2.46. The third-order valence-corrected chi connectivity index (χ3v) is 4.57. The van der Waals surface area contributed by atoms with Crippen molar-refractivity contribution in [2.24, 2.45) is 0 Å². The number of hydrogen-bond donors (Lipinski definition) is 0. The Kier molecular flexibility index (Phi) is 6.30. The number of methoxy groups -OCH3 is 1. The minimum atomic E-state index is -0.499. The van der Waals surface area contributed by atoms with E-state index in [1.165, 1.54) is 13.2 Å². The lowest BCUT2D eigenvalue weighted by Crippen LogP contribution is -2.47. The largest absolute Gasteiger partial charge is 0.453 e. The van der Waals surface area contributed by atoms with Gasteiger partial charge in [-0.15, -0.1) is 0 Å². The van der Waals surface area contributed by atoms with E-state index in [-0.39, 0.29) is 24.4 Å². The number of nitro benzene ring substituents is 1. The van der Waals surface area contributed by atoms with Gasteiger partial charge < -0.3 is 14.4 Å². The number of carbonyl (C=O) groups excluding carboxylic acids is 1. The number of hydrogen-bond acceptors (Lipinski definition) is 6. The lowest BCUT2D eigenvalue weighted by molar-refractivity contribution is -0.384. The second-order valence-electron chi connectivity index (χ2n) is 7.96. The molecule has 1 amide bonds. The summed E-state index contributed by atoms with van der Waals surface area (Å²) in [5.41, 5.74) is 1.09. The molecule has 0 N–H and O–H groups in total. The van der Waals surface area contributed by atoms with E-state index in [1.807, 2.05) is 34.6 Å². The fourth-order valence-corrected chi connectivity index (χ4v) is 3.35. The molecule has 0 unspecified atom stereocenters. The van der Waals surface area contributed by atoms with Gasteiger partial charge in [-0.1, -0.05) is 0 Å². The van der Waals surface area contributed by atoms with Crippen LogP contribution in [0.2, 0.25) is 0 Å². The Hall–Kier alpha value is -2.35. The summed E-state index contributed by atoms with van der Waals surface area (Å²) in [6.45, 7) is 11.3. The van der Waals surface area contributed by atoms with Gasteiger partial charge in [0.2, 0.25) is 0 Å². The molecule has 0 aromatic heterocycles. The van der Waals surface area contributed by atoms with E-state index in [1.54, 1.807) is 17.0 Å². The molecule has 0 bridgehead atoms. The van der Waals surface area contributed by atoms with Crippen LogP contribution in [0.1, 0.15) is 40.2 Å². The summed E-state index contributed by atoms with van der Waals surface area (Å²) in [7, 11) is 1.33.